The van der Waals surface area contributed by atoms with Crippen LogP contribution in [0.5, 0.6) is 0 Å². The van der Waals surface area contributed by atoms with Gasteiger partial charge in [0.25, 0.3) is 0 Å². The lowest BCUT2D eigenvalue weighted by molar-refractivity contribution is -0.136. The van der Waals surface area contributed by atoms with E-state index in [0.717, 1.165) is 47.6 Å². The van der Waals surface area contributed by atoms with E-state index in [1.807, 2.05) is 0 Å². The number of hydrogen-bond acceptors (Lipinski definition) is 1. The van der Waals surface area contributed by atoms with Crippen molar-refractivity contribution < 1.29 is 0 Å². The molecular formula is C34H55N. The van der Waals surface area contributed by atoms with Gasteiger partial charge in [-0.2, -0.15) is 0 Å². The van der Waals surface area contributed by atoms with Crippen LogP contribution < -0.4 is 0 Å². The van der Waals surface area contributed by atoms with Crippen LogP contribution in [0, 0.1) is 46.3 Å². The minimum Gasteiger partial charge on any atom is -0.300 e. The Morgan fingerprint density at radius 2 is 1.54 bits per heavy atom. The molecule has 9 atom stereocenters. The molecule has 3 saturated carbocycles. The molecule has 1 heteroatoms. The minimum atomic E-state index is 0.535. The lowest BCUT2D eigenvalue weighted by Gasteiger charge is -2.63. The van der Waals surface area contributed by atoms with Gasteiger partial charge in [0.05, 0.1) is 0 Å². The number of rotatable bonds is 7. The largest absolute Gasteiger partial charge is 0.300 e. The lowest BCUT2D eigenvalue weighted by Crippen LogP contribution is -2.62. The van der Waals surface area contributed by atoms with Gasteiger partial charge in [0, 0.05) is 12.1 Å². The molecule has 1 aromatic carbocycles. The van der Waals surface area contributed by atoms with Crippen molar-refractivity contribution >= 4 is 0 Å². The van der Waals surface area contributed by atoms with Crippen molar-refractivity contribution in [2.24, 2.45) is 46.3 Å². The van der Waals surface area contributed by atoms with E-state index in [4.69, 9.17) is 0 Å². The first kappa shape index (κ1) is 25.8. The fraction of sp³-hybridized carbons (Fsp3) is 0.824. The van der Waals surface area contributed by atoms with Gasteiger partial charge in [-0.3, -0.25) is 4.90 Å². The van der Waals surface area contributed by atoms with Crippen LogP contribution in [-0.2, 0) is 6.42 Å². The quantitative estimate of drug-likeness (QED) is 0.378. The summed E-state index contributed by atoms with van der Waals surface area (Å²) in [4.78, 5) is 2.86. The lowest BCUT2D eigenvalue weighted by atomic mass is 9.46. The molecule has 0 bridgehead atoms. The van der Waals surface area contributed by atoms with Crippen molar-refractivity contribution in [3.05, 3.63) is 35.9 Å². The highest BCUT2D eigenvalue weighted by Gasteiger charge is 2.61. The molecule has 0 aromatic heterocycles. The second-order valence-electron chi connectivity index (χ2n) is 14.6. The average Bonchev–Trinajstić information content (AvgIpc) is 3.19. The van der Waals surface area contributed by atoms with E-state index < -0.39 is 0 Å². The summed E-state index contributed by atoms with van der Waals surface area (Å²) in [6.45, 7) is 12.9. The van der Waals surface area contributed by atoms with E-state index >= 15 is 0 Å². The van der Waals surface area contributed by atoms with E-state index in [-0.39, 0.29) is 0 Å². The topological polar surface area (TPSA) is 3.24 Å². The van der Waals surface area contributed by atoms with E-state index in [0.29, 0.717) is 10.8 Å². The Labute approximate surface area is 217 Å². The number of piperidine rings is 1. The van der Waals surface area contributed by atoms with Gasteiger partial charge in [0.2, 0.25) is 0 Å². The Balaban J connectivity index is 1.27. The maximum absolute atomic E-state index is 2.86. The standard InChI is InChI=1S/C34H55N/c1-24(2)11-10-12-25(3)29-16-17-30-28-15-18-32-34(5,31(28)20-22-33(29,30)4)21-19-27(35(32)6)23-26-13-8-7-9-14-26/h7-9,13-14,24-25,27-32H,10-12,15-23H2,1-6H3/t25-,27+,28+,29-,30-,31+,32+,33+,34+/m0/s1. The van der Waals surface area contributed by atoms with Crippen LogP contribution in [0.4, 0.5) is 0 Å². The Kier molecular flexibility index (Phi) is 7.49. The summed E-state index contributed by atoms with van der Waals surface area (Å²) in [5.41, 5.74) is 2.68. The molecule has 3 aliphatic carbocycles. The average molecular weight is 478 g/mol. The predicted molar refractivity (Wildman–Crippen MR) is 150 cm³/mol. The van der Waals surface area contributed by atoms with Gasteiger partial charge >= 0.3 is 0 Å². The molecule has 35 heavy (non-hydrogen) atoms. The zero-order chi connectivity index (χ0) is 24.8. The van der Waals surface area contributed by atoms with Crippen molar-refractivity contribution in [1.82, 2.24) is 4.90 Å². The van der Waals surface area contributed by atoms with Crippen LogP contribution in [0.2, 0.25) is 0 Å². The fourth-order valence-electron chi connectivity index (χ4n) is 10.5. The Morgan fingerprint density at radius 3 is 2.29 bits per heavy atom. The summed E-state index contributed by atoms with van der Waals surface area (Å²) >= 11 is 0. The number of fused-ring (bicyclic) bond motifs is 5. The summed E-state index contributed by atoms with van der Waals surface area (Å²) < 4.78 is 0. The van der Waals surface area contributed by atoms with Gasteiger partial charge in [-0.05, 0) is 117 Å². The number of likely N-dealkylation sites (N-methyl/N-ethyl adjacent to an activating group) is 1. The van der Waals surface area contributed by atoms with Crippen molar-refractivity contribution in [3.8, 4) is 0 Å². The van der Waals surface area contributed by atoms with Crippen LogP contribution in [0.1, 0.15) is 111 Å². The number of hydrogen-bond donors (Lipinski definition) is 0. The molecule has 0 unspecified atom stereocenters. The van der Waals surface area contributed by atoms with Gasteiger partial charge in [0.1, 0.15) is 0 Å². The molecule has 0 N–H and O–H groups in total. The smallest absolute Gasteiger partial charge is 0.0152 e. The zero-order valence-corrected chi connectivity index (χ0v) is 23.9. The molecule has 1 nitrogen and oxygen atoms in total. The summed E-state index contributed by atoms with van der Waals surface area (Å²) in [5.74, 6) is 5.74. The SMILES string of the molecule is CC(C)CCC[C@H](C)[C@@H]1CC[C@H]2[C@H]3CC[C@H]4N(C)[C@@H](Cc5ccccc5)CC[C@]4(C)[C@@H]3CC[C@@]21C. The maximum Gasteiger partial charge on any atom is 0.0152 e. The number of likely N-dealkylation sites (tertiary alicyclic amines) is 1. The molecule has 0 spiro atoms. The van der Waals surface area contributed by atoms with Crippen LogP contribution in [0.25, 0.3) is 0 Å². The normalized spacial score (nSPS) is 42.4. The predicted octanol–water partition coefficient (Wildman–Crippen LogP) is 9.01. The summed E-state index contributed by atoms with van der Waals surface area (Å²) in [6, 6.07) is 12.8. The van der Waals surface area contributed by atoms with Gasteiger partial charge in [-0.25, -0.2) is 0 Å². The van der Waals surface area contributed by atoms with Gasteiger partial charge in [0.15, 0.2) is 0 Å². The summed E-state index contributed by atoms with van der Waals surface area (Å²) in [7, 11) is 2.48. The van der Waals surface area contributed by atoms with Crippen molar-refractivity contribution in [3.63, 3.8) is 0 Å². The third kappa shape index (κ3) is 4.66. The molecule has 1 aliphatic heterocycles. The van der Waals surface area contributed by atoms with Crippen molar-refractivity contribution in [2.45, 2.75) is 124 Å². The van der Waals surface area contributed by atoms with Gasteiger partial charge in [-0.1, -0.05) is 84.2 Å². The second kappa shape index (κ2) is 10.2. The molecule has 0 amide bonds. The molecule has 196 valence electrons. The maximum atomic E-state index is 2.86. The van der Waals surface area contributed by atoms with Crippen LogP contribution >= 0.6 is 0 Å². The monoisotopic (exact) mass is 477 g/mol. The van der Waals surface area contributed by atoms with Crippen molar-refractivity contribution in [1.29, 1.82) is 0 Å². The molecule has 0 radical (unpaired) electrons. The van der Waals surface area contributed by atoms with Gasteiger partial charge in [-0.15, -0.1) is 0 Å². The molecule has 1 heterocycles. The minimum absolute atomic E-state index is 0.535. The van der Waals surface area contributed by atoms with E-state index in [1.54, 1.807) is 0 Å². The zero-order valence-electron chi connectivity index (χ0n) is 23.9. The van der Waals surface area contributed by atoms with Crippen LogP contribution in [0.15, 0.2) is 30.3 Å². The van der Waals surface area contributed by atoms with Crippen LogP contribution in [-0.4, -0.2) is 24.0 Å². The number of nitrogens with zero attached hydrogens (tertiary/aromatic N) is 1. The van der Waals surface area contributed by atoms with Crippen molar-refractivity contribution in [2.75, 3.05) is 7.05 Å². The second-order valence-corrected chi connectivity index (χ2v) is 14.6. The Bertz CT molecular complexity index is 830. The molecule has 5 rings (SSSR count). The van der Waals surface area contributed by atoms with E-state index in [9.17, 15) is 0 Å². The first-order valence-electron chi connectivity index (χ1n) is 15.5. The third-order valence-electron chi connectivity index (χ3n) is 12.4. The van der Waals surface area contributed by atoms with Crippen LogP contribution in [0.3, 0.4) is 0 Å². The highest BCUT2D eigenvalue weighted by molar-refractivity contribution is 5.18. The molecule has 1 saturated heterocycles. The Hall–Kier alpha value is -0.820. The molecule has 4 aliphatic rings. The number of benzene rings is 1. The third-order valence-corrected chi connectivity index (χ3v) is 12.4. The van der Waals surface area contributed by atoms with Gasteiger partial charge < -0.3 is 0 Å². The van der Waals surface area contributed by atoms with E-state index in [1.165, 1.54) is 82.6 Å². The highest BCUT2D eigenvalue weighted by Crippen LogP contribution is 2.67. The highest BCUT2D eigenvalue weighted by atomic mass is 15.2. The molecular weight excluding hydrogens is 422 g/mol. The van der Waals surface area contributed by atoms with E-state index in [2.05, 4.69) is 76.9 Å². The fourth-order valence-corrected chi connectivity index (χ4v) is 10.5. The molecule has 4 fully saturated rings. The summed E-state index contributed by atoms with van der Waals surface area (Å²) in [5, 5.41) is 0. The molecule has 1 aromatic rings. The first-order chi connectivity index (χ1) is 16.7. The summed E-state index contributed by atoms with van der Waals surface area (Å²) in [6.07, 6.45) is 17.4. The Morgan fingerprint density at radius 1 is 0.829 bits per heavy atom. The first-order valence-corrected chi connectivity index (χ1v) is 15.5.